The quantitative estimate of drug-likeness (QED) is 0.737. The van der Waals surface area contributed by atoms with E-state index >= 15 is 0 Å². The van der Waals surface area contributed by atoms with Gasteiger partial charge in [-0.1, -0.05) is 25.7 Å². The molecule has 0 aromatic heterocycles. The lowest BCUT2D eigenvalue weighted by molar-refractivity contribution is -0.131. The minimum atomic E-state index is 0.272. The van der Waals surface area contributed by atoms with Gasteiger partial charge in [-0.2, -0.15) is 0 Å². The van der Waals surface area contributed by atoms with E-state index in [1.807, 2.05) is 4.90 Å². The van der Waals surface area contributed by atoms with Crippen molar-refractivity contribution in [1.82, 2.24) is 15.1 Å². The monoisotopic (exact) mass is 267 g/mol. The highest BCUT2D eigenvalue weighted by Crippen LogP contribution is 2.28. The van der Waals surface area contributed by atoms with Crippen molar-refractivity contribution < 1.29 is 4.79 Å². The van der Waals surface area contributed by atoms with E-state index in [2.05, 4.69) is 17.3 Å². The van der Waals surface area contributed by atoms with Gasteiger partial charge in [0.25, 0.3) is 0 Å². The van der Waals surface area contributed by atoms with E-state index in [4.69, 9.17) is 0 Å². The highest BCUT2D eigenvalue weighted by Gasteiger charge is 2.18. The third-order valence-electron chi connectivity index (χ3n) is 4.57. The van der Waals surface area contributed by atoms with Crippen molar-refractivity contribution in [3.63, 3.8) is 0 Å². The molecule has 2 fully saturated rings. The molecule has 0 unspecified atom stereocenters. The predicted molar refractivity (Wildman–Crippen MR) is 78.1 cm³/mol. The van der Waals surface area contributed by atoms with Gasteiger partial charge in [-0.05, 0) is 32.4 Å². The SMILES string of the molecule is CN1CCN(C(=O)CNCCCC2CCCC2)CC1. The first-order valence-electron chi connectivity index (χ1n) is 7.93. The maximum Gasteiger partial charge on any atom is 0.236 e. The first kappa shape index (κ1) is 14.8. The number of nitrogens with zero attached hydrogens (tertiary/aromatic N) is 2. The molecule has 0 aromatic carbocycles. The molecule has 0 radical (unpaired) electrons. The summed E-state index contributed by atoms with van der Waals surface area (Å²) < 4.78 is 0. The van der Waals surface area contributed by atoms with Crippen LogP contribution in [-0.4, -0.2) is 62.0 Å². The van der Waals surface area contributed by atoms with Crippen LogP contribution in [0, 0.1) is 5.92 Å². The van der Waals surface area contributed by atoms with Gasteiger partial charge in [-0.3, -0.25) is 4.79 Å². The molecule has 1 saturated heterocycles. The van der Waals surface area contributed by atoms with Crippen molar-refractivity contribution in [3.05, 3.63) is 0 Å². The lowest BCUT2D eigenvalue weighted by atomic mass is 10.0. The molecule has 19 heavy (non-hydrogen) atoms. The molecule has 1 amide bonds. The summed E-state index contributed by atoms with van der Waals surface area (Å²) in [5, 5.41) is 3.31. The average molecular weight is 267 g/mol. The first-order chi connectivity index (χ1) is 9.25. The third kappa shape index (κ3) is 5.11. The summed E-state index contributed by atoms with van der Waals surface area (Å²) in [6.07, 6.45) is 8.29. The molecule has 1 N–H and O–H groups in total. The average Bonchev–Trinajstić information content (AvgIpc) is 2.92. The van der Waals surface area contributed by atoms with Crippen LogP contribution in [0.3, 0.4) is 0 Å². The van der Waals surface area contributed by atoms with E-state index < -0.39 is 0 Å². The van der Waals surface area contributed by atoms with Crippen molar-refractivity contribution in [3.8, 4) is 0 Å². The van der Waals surface area contributed by atoms with Gasteiger partial charge in [-0.25, -0.2) is 0 Å². The van der Waals surface area contributed by atoms with E-state index in [0.29, 0.717) is 6.54 Å². The molecule has 0 spiro atoms. The fourth-order valence-corrected chi connectivity index (χ4v) is 3.18. The second-order valence-electron chi connectivity index (χ2n) is 6.15. The zero-order valence-electron chi connectivity index (χ0n) is 12.4. The van der Waals surface area contributed by atoms with Crippen LogP contribution in [-0.2, 0) is 4.79 Å². The van der Waals surface area contributed by atoms with Crippen LogP contribution in [0.1, 0.15) is 38.5 Å². The molecule has 4 heteroatoms. The maximum atomic E-state index is 12.0. The molecule has 4 nitrogen and oxygen atoms in total. The Bertz CT molecular complexity index is 269. The molecule has 0 aromatic rings. The van der Waals surface area contributed by atoms with Gasteiger partial charge in [0.15, 0.2) is 0 Å². The number of carbonyl (C=O) groups is 1. The molecule has 1 heterocycles. The summed E-state index contributed by atoms with van der Waals surface area (Å²) in [4.78, 5) is 16.2. The number of hydrogen-bond donors (Lipinski definition) is 1. The van der Waals surface area contributed by atoms with Gasteiger partial charge >= 0.3 is 0 Å². The van der Waals surface area contributed by atoms with Gasteiger partial charge in [0.05, 0.1) is 6.54 Å². The molecule has 0 atom stereocenters. The third-order valence-corrected chi connectivity index (χ3v) is 4.57. The van der Waals surface area contributed by atoms with Crippen LogP contribution >= 0.6 is 0 Å². The van der Waals surface area contributed by atoms with Crippen molar-refractivity contribution in [2.45, 2.75) is 38.5 Å². The van der Waals surface area contributed by atoms with Crippen molar-refractivity contribution in [1.29, 1.82) is 0 Å². The Morgan fingerprint density at radius 1 is 1.16 bits per heavy atom. The Hall–Kier alpha value is -0.610. The van der Waals surface area contributed by atoms with Gasteiger partial charge in [-0.15, -0.1) is 0 Å². The summed E-state index contributed by atoms with van der Waals surface area (Å²) in [6, 6.07) is 0. The van der Waals surface area contributed by atoms with Crippen LogP contribution in [0.4, 0.5) is 0 Å². The highest BCUT2D eigenvalue weighted by molar-refractivity contribution is 5.78. The fourth-order valence-electron chi connectivity index (χ4n) is 3.18. The second-order valence-corrected chi connectivity index (χ2v) is 6.15. The maximum absolute atomic E-state index is 12.0. The minimum absolute atomic E-state index is 0.272. The Kier molecular flexibility index (Phi) is 6.11. The topological polar surface area (TPSA) is 35.6 Å². The molecule has 2 aliphatic rings. The van der Waals surface area contributed by atoms with Gasteiger partial charge in [0, 0.05) is 26.2 Å². The summed E-state index contributed by atoms with van der Waals surface area (Å²) in [5.41, 5.74) is 0. The van der Waals surface area contributed by atoms with E-state index in [9.17, 15) is 4.79 Å². The normalized spacial score (nSPS) is 22.1. The lowest BCUT2D eigenvalue weighted by Gasteiger charge is -2.32. The van der Waals surface area contributed by atoms with E-state index in [1.54, 1.807) is 0 Å². The van der Waals surface area contributed by atoms with E-state index in [-0.39, 0.29) is 5.91 Å². The van der Waals surface area contributed by atoms with E-state index in [1.165, 1.54) is 38.5 Å². The van der Waals surface area contributed by atoms with Crippen LogP contribution in [0.2, 0.25) is 0 Å². The zero-order chi connectivity index (χ0) is 13.5. The Labute approximate surface area is 117 Å². The minimum Gasteiger partial charge on any atom is -0.339 e. The highest BCUT2D eigenvalue weighted by atomic mass is 16.2. The first-order valence-corrected chi connectivity index (χ1v) is 7.93. The van der Waals surface area contributed by atoms with E-state index in [0.717, 1.165) is 38.6 Å². The van der Waals surface area contributed by atoms with Gasteiger partial charge in [0.1, 0.15) is 0 Å². The van der Waals surface area contributed by atoms with Crippen LogP contribution in [0.25, 0.3) is 0 Å². The number of carbonyl (C=O) groups excluding carboxylic acids is 1. The van der Waals surface area contributed by atoms with Gasteiger partial charge in [0.2, 0.25) is 5.91 Å². The molecule has 0 bridgehead atoms. The molecular formula is C15H29N3O. The molecule has 1 aliphatic heterocycles. The predicted octanol–water partition coefficient (Wildman–Crippen LogP) is 1.32. The standard InChI is InChI=1S/C15H29N3O/c1-17-9-11-18(12-10-17)15(19)13-16-8-4-7-14-5-2-3-6-14/h14,16H,2-13H2,1H3. The molecule has 1 saturated carbocycles. The van der Waals surface area contributed by atoms with Crippen LogP contribution < -0.4 is 5.32 Å². The van der Waals surface area contributed by atoms with Crippen LogP contribution in [0.5, 0.6) is 0 Å². The molecule has 1 aliphatic carbocycles. The number of piperazine rings is 1. The molecular weight excluding hydrogens is 238 g/mol. The fraction of sp³-hybridized carbons (Fsp3) is 0.933. The zero-order valence-corrected chi connectivity index (χ0v) is 12.4. The number of likely N-dealkylation sites (N-methyl/N-ethyl adjacent to an activating group) is 1. The Balaban J connectivity index is 1.49. The van der Waals surface area contributed by atoms with Crippen molar-refractivity contribution in [2.24, 2.45) is 5.92 Å². The number of amides is 1. The van der Waals surface area contributed by atoms with Gasteiger partial charge < -0.3 is 15.1 Å². The lowest BCUT2D eigenvalue weighted by Crippen LogP contribution is -2.49. The van der Waals surface area contributed by atoms with Crippen LogP contribution in [0.15, 0.2) is 0 Å². The summed E-state index contributed by atoms with van der Waals surface area (Å²) in [6.45, 7) is 5.31. The largest absolute Gasteiger partial charge is 0.339 e. The Morgan fingerprint density at radius 3 is 2.53 bits per heavy atom. The number of nitrogens with one attached hydrogen (secondary N) is 1. The second kappa shape index (κ2) is 7.85. The molecule has 110 valence electrons. The van der Waals surface area contributed by atoms with Crippen molar-refractivity contribution in [2.75, 3.05) is 46.3 Å². The molecule has 2 rings (SSSR count). The smallest absolute Gasteiger partial charge is 0.236 e. The summed E-state index contributed by atoms with van der Waals surface area (Å²) in [5.74, 6) is 1.24. The summed E-state index contributed by atoms with van der Waals surface area (Å²) >= 11 is 0. The van der Waals surface area contributed by atoms with Crippen molar-refractivity contribution >= 4 is 5.91 Å². The summed E-state index contributed by atoms with van der Waals surface area (Å²) in [7, 11) is 2.11. The number of hydrogen-bond acceptors (Lipinski definition) is 3. The number of rotatable bonds is 6. The Morgan fingerprint density at radius 2 is 1.84 bits per heavy atom.